The van der Waals surface area contributed by atoms with E-state index in [1.807, 2.05) is 31.4 Å². The van der Waals surface area contributed by atoms with Crippen molar-refractivity contribution in [1.82, 2.24) is 15.6 Å². The van der Waals surface area contributed by atoms with Gasteiger partial charge in [-0.2, -0.15) is 0 Å². The molecule has 6 heteroatoms. The van der Waals surface area contributed by atoms with Crippen LogP contribution in [0.4, 0.5) is 5.82 Å². The van der Waals surface area contributed by atoms with E-state index in [1.165, 1.54) is 4.88 Å². The number of nitrogens with zero attached hydrogens (tertiary/aromatic N) is 3. The first-order chi connectivity index (χ1) is 12.7. The normalized spacial score (nSPS) is 17.2. The van der Waals surface area contributed by atoms with Gasteiger partial charge in [-0.25, -0.2) is 4.98 Å². The van der Waals surface area contributed by atoms with Crippen molar-refractivity contribution in [3.63, 3.8) is 0 Å². The lowest BCUT2D eigenvalue weighted by molar-refractivity contribution is 0.459. The van der Waals surface area contributed by atoms with Crippen molar-refractivity contribution in [1.29, 1.82) is 0 Å². The van der Waals surface area contributed by atoms with Crippen molar-refractivity contribution >= 4 is 23.1 Å². The molecule has 26 heavy (non-hydrogen) atoms. The highest BCUT2D eigenvalue weighted by Gasteiger charge is 2.21. The molecule has 0 bridgehead atoms. The predicted octanol–water partition coefficient (Wildman–Crippen LogP) is 3.39. The summed E-state index contributed by atoms with van der Waals surface area (Å²) in [6.45, 7) is 7.24. The van der Waals surface area contributed by atoms with Crippen LogP contribution >= 0.6 is 11.3 Å². The van der Waals surface area contributed by atoms with Crippen LogP contribution in [0.25, 0.3) is 0 Å². The number of guanidine groups is 1. The Hall–Kier alpha value is -2.08. The van der Waals surface area contributed by atoms with E-state index in [4.69, 9.17) is 0 Å². The zero-order valence-electron chi connectivity index (χ0n) is 15.9. The number of hydrogen-bond donors (Lipinski definition) is 2. The third-order valence-corrected chi connectivity index (χ3v) is 5.97. The molecule has 2 aromatic rings. The summed E-state index contributed by atoms with van der Waals surface area (Å²) in [5.41, 5.74) is 1.08. The van der Waals surface area contributed by atoms with Crippen LogP contribution in [0.5, 0.6) is 0 Å². The minimum absolute atomic E-state index is 0.458. The Balaban J connectivity index is 1.45. The van der Waals surface area contributed by atoms with Crippen LogP contribution in [0.3, 0.4) is 0 Å². The molecule has 1 fully saturated rings. The van der Waals surface area contributed by atoms with Gasteiger partial charge in [0.25, 0.3) is 0 Å². The van der Waals surface area contributed by atoms with E-state index in [9.17, 15) is 0 Å². The molecule has 2 aromatic heterocycles. The maximum Gasteiger partial charge on any atom is 0.191 e. The summed E-state index contributed by atoms with van der Waals surface area (Å²) in [5, 5.41) is 9.19. The maximum absolute atomic E-state index is 4.64. The van der Waals surface area contributed by atoms with Crippen molar-refractivity contribution in [3.05, 3.63) is 46.3 Å². The zero-order chi connectivity index (χ0) is 18.4. The van der Waals surface area contributed by atoms with Gasteiger partial charge in [0.15, 0.2) is 5.96 Å². The summed E-state index contributed by atoms with van der Waals surface area (Å²) >= 11 is 1.81. The molecule has 140 valence electrons. The Morgan fingerprint density at radius 1 is 1.31 bits per heavy atom. The van der Waals surface area contributed by atoms with Crippen LogP contribution in [0.1, 0.15) is 36.3 Å². The van der Waals surface area contributed by atoms with Gasteiger partial charge in [0.1, 0.15) is 5.82 Å². The third-order valence-electron chi connectivity index (χ3n) is 4.86. The van der Waals surface area contributed by atoms with Crippen molar-refractivity contribution < 1.29 is 0 Å². The molecule has 1 aliphatic heterocycles. The van der Waals surface area contributed by atoms with Gasteiger partial charge in [0.05, 0.1) is 0 Å². The van der Waals surface area contributed by atoms with Crippen LogP contribution in [0, 0.1) is 6.92 Å². The van der Waals surface area contributed by atoms with E-state index in [-0.39, 0.29) is 0 Å². The monoisotopic (exact) mass is 371 g/mol. The van der Waals surface area contributed by atoms with Gasteiger partial charge < -0.3 is 15.5 Å². The molecule has 0 spiro atoms. The van der Waals surface area contributed by atoms with Gasteiger partial charge in [-0.3, -0.25) is 4.99 Å². The second kappa shape index (κ2) is 9.03. The highest BCUT2D eigenvalue weighted by molar-refractivity contribution is 7.10. The van der Waals surface area contributed by atoms with Crippen molar-refractivity contribution in [2.75, 3.05) is 31.6 Å². The van der Waals surface area contributed by atoms with E-state index in [2.05, 4.69) is 62.1 Å². The molecule has 3 rings (SSSR count). The van der Waals surface area contributed by atoms with E-state index >= 15 is 0 Å². The summed E-state index contributed by atoms with van der Waals surface area (Å²) in [6.07, 6.45) is 2.19. The Bertz CT molecular complexity index is 705. The fourth-order valence-corrected chi connectivity index (χ4v) is 4.05. The van der Waals surface area contributed by atoms with Gasteiger partial charge >= 0.3 is 0 Å². The molecule has 1 atom stereocenters. The lowest BCUT2D eigenvalue weighted by Gasteiger charge is -2.34. The molecule has 1 aliphatic rings. The van der Waals surface area contributed by atoms with E-state index in [1.54, 1.807) is 0 Å². The molecule has 5 nitrogen and oxygen atoms in total. The van der Waals surface area contributed by atoms with Crippen molar-refractivity contribution in [2.45, 2.75) is 38.6 Å². The predicted molar refractivity (Wildman–Crippen MR) is 111 cm³/mol. The fourth-order valence-electron chi connectivity index (χ4n) is 3.27. The number of hydrogen-bond acceptors (Lipinski definition) is 4. The van der Waals surface area contributed by atoms with Crippen molar-refractivity contribution in [3.8, 4) is 0 Å². The van der Waals surface area contributed by atoms with Crippen LogP contribution in [0.2, 0.25) is 0 Å². The number of aryl methyl sites for hydroxylation is 1. The smallest absolute Gasteiger partial charge is 0.191 e. The highest BCUT2D eigenvalue weighted by Crippen LogP contribution is 2.20. The van der Waals surface area contributed by atoms with E-state index < -0.39 is 0 Å². The quantitative estimate of drug-likeness (QED) is 0.625. The minimum atomic E-state index is 0.458. The minimum Gasteiger partial charge on any atom is -0.356 e. The van der Waals surface area contributed by atoms with Gasteiger partial charge in [-0.15, -0.1) is 11.3 Å². The SMILES string of the molecule is CN=C(NCC(C)c1cccs1)NC1CCN(c2cccc(C)n2)CC1. The molecule has 3 heterocycles. The molecule has 2 N–H and O–H groups in total. The first-order valence-electron chi connectivity index (χ1n) is 9.35. The topological polar surface area (TPSA) is 52.6 Å². The lowest BCUT2D eigenvalue weighted by atomic mass is 10.1. The molecule has 0 radical (unpaired) electrons. The number of anilines is 1. The van der Waals surface area contributed by atoms with Crippen LogP contribution in [-0.4, -0.2) is 43.7 Å². The summed E-state index contributed by atoms with van der Waals surface area (Å²) in [4.78, 5) is 12.8. The molecule has 0 amide bonds. The largest absolute Gasteiger partial charge is 0.356 e. The second-order valence-corrected chi connectivity index (χ2v) is 7.89. The summed E-state index contributed by atoms with van der Waals surface area (Å²) in [6, 6.07) is 11.0. The molecule has 1 saturated heterocycles. The van der Waals surface area contributed by atoms with Gasteiger partial charge in [0, 0.05) is 49.2 Å². The number of rotatable bonds is 5. The average Bonchev–Trinajstić information content (AvgIpc) is 3.20. The zero-order valence-corrected chi connectivity index (χ0v) is 16.7. The number of thiophene rings is 1. The number of pyridine rings is 1. The lowest BCUT2D eigenvalue weighted by Crippen LogP contribution is -2.49. The van der Waals surface area contributed by atoms with Crippen LogP contribution < -0.4 is 15.5 Å². The van der Waals surface area contributed by atoms with Crippen LogP contribution in [0.15, 0.2) is 40.7 Å². The highest BCUT2D eigenvalue weighted by atomic mass is 32.1. The summed E-state index contributed by atoms with van der Waals surface area (Å²) in [7, 11) is 1.84. The van der Waals surface area contributed by atoms with Gasteiger partial charge in [0.2, 0.25) is 0 Å². The van der Waals surface area contributed by atoms with Gasteiger partial charge in [-0.05, 0) is 43.3 Å². The number of piperidine rings is 1. The average molecular weight is 372 g/mol. The van der Waals surface area contributed by atoms with Gasteiger partial charge in [-0.1, -0.05) is 19.1 Å². The fraction of sp³-hybridized carbons (Fsp3) is 0.500. The molecular formula is C20H29N5S. The Morgan fingerprint density at radius 3 is 2.77 bits per heavy atom. The molecule has 0 saturated carbocycles. The first-order valence-corrected chi connectivity index (χ1v) is 10.2. The molecule has 1 unspecified atom stereocenters. The number of aromatic nitrogens is 1. The van der Waals surface area contributed by atoms with E-state index in [0.29, 0.717) is 12.0 Å². The summed E-state index contributed by atoms with van der Waals surface area (Å²) in [5.74, 6) is 2.49. The van der Waals surface area contributed by atoms with Crippen molar-refractivity contribution in [2.24, 2.45) is 4.99 Å². The molecule has 0 aliphatic carbocycles. The summed E-state index contributed by atoms with van der Waals surface area (Å²) < 4.78 is 0. The molecule has 0 aromatic carbocycles. The first kappa shape index (κ1) is 18.7. The third kappa shape index (κ3) is 4.97. The number of aliphatic imine (C=N–C) groups is 1. The molecular weight excluding hydrogens is 342 g/mol. The second-order valence-electron chi connectivity index (χ2n) is 6.91. The Morgan fingerprint density at radius 2 is 2.12 bits per heavy atom. The Kier molecular flexibility index (Phi) is 6.50. The number of nitrogens with one attached hydrogen (secondary N) is 2. The van der Waals surface area contributed by atoms with Crippen LogP contribution in [-0.2, 0) is 0 Å². The maximum atomic E-state index is 4.64. The Labute approximate surface area is 160 Å². The standard InChI is InChI=1S/C20H29N5S/c1-15(18-7-5-13-26-18)14-22-20(21-3)24-17-9-11-25(12-10-17)19-8-4-6-16(2)23-19/h4-8,13,15,17H,9-12,14H2,1-3H3,(H2,21,22,24). The van der Waals surface area contributed by atoms with E-state index in [0.717, 1.165) is 49.9 Å².